The van der Waals surface area contributed by atoms with Gasteiger partial charge < -0.3 is 5.73 Å². The summed E-state index contributed by atoms with van der Waals surface area (Å²) >= 11 is 0. The van der Waals surface area contributed by atoms with Gasteiger partial charge in [-0.05, 0) is 36.6 Å². The van der Waals surface area contributed by atoms with Gasteiger partial charge in [-0.1, -0.05) is 43.0 Å². The van der Waals surface area contributed by atoms with Crippen molar-refractivity contribution in [1.82, 2.24) is 0 Å². The molecular formula is C15H17NO. The highest BCUT2D eigenvalue weighted by Crippen LogP contribution is 2.11. The minimum atomic E-state index is -0.396. The van der Waals surface area contributed by atoms with Gasteiger partial charge in [0.25, 0.3) is 0 Å². The molecule has 88 valence electrons. The normalized spacial score (nSPS) is 11.7. The van der Waals surface area contributed by atoms with Crippen LogP contribution in [-0.4, -0.2) is 5.91 Å². The molecule has 0 spiro atoms. The molecule has 0 unspecified atom stereocenters. The van der Waals surface area contributed by atoms with Crippen molar-refractivity contribution in [2.24, 2.45) is 5.73 Å². The average molecular weight is 227 g/mol. The molecule has 1 rings (SSSR count). The van der Waals surface area contributed by atoms with Crippen LogP contribution in [0, 0.1) is 0 Å². The fourth-order valence-corrected chi connectivity index (χ4v) is 1.56. The molecule has 0 bridgehead atoms. The predicted molar refractivity (Wildman–Crippen MR) is 71.8 cm³/mol. The summed E-state index contributed by atoms with van der Waals surface area (Å²) in [6.07, 6.45) is 8.60. The fourth-order valence-electron chi connectivity index (χ4n) is 1.56. The fraction of sp³-hybridized carbons (Fsp3) is 0.133. The molecule has 0 radical (unpaired) electrons. The van der Waals surface area contributed by atoms with Gasteiger partial charge in [0.1, 0.15) is 0 Å². The zero-order valence-corrected chi connectivity index (χ0v) is 10.0. The van der Waals surface area contributed by atoms with E-state index in [-0.39, 0.29) is 0 Å². The number of allylic oxidation sites excluding steroid dienone is 5. The molecule has 0 saturated heterocycles. The van der Waals surface area contributed by atoms with Crippen LogP contribution in [0.4, 0.5) is 0 Å². The number of primary amides is 1. The van der Waals surface area contributed by atoms with Gasteiger partial charge in [-0.25, -0.2) is 0 Å². The number of benzene rings is 1. The highest BCUT2D eigenvalue weighted by atomic mass is 16.1. The molecular weight excluding hydrogens is 210 g/mol. The first-order chi connectivity index (χ1) is 8.17. The van der Waals surface area contributed by atoms with Crippen molar-refractivity contribution < 1.29 is 4.79 Å². The lowest BCUT2D eigenvalue weighted by molar-refractivity contribution is 0.100. The average Bonchev–Trinajstić information content (AvgIpc) is 2.30. The molecule has 0 heterocycles. The summed E-state index contributed by atoms with van der Waals surface area (Å²) in [6.45, 7) is 5.67. The second-order valence-corrected chi connectivity index (χ2v) is 3.72. The number of rotatable bonds is 5. The third kappa shape index (κ3) is 4.11. The summed E-state index contributed by atoms with van der Waals surface area (Å²) in [5, 5.41) is 0. The van der Waals surface area contributed by atoms with Gasteiger partial charge in [-0.3, -0.25) is 4.79 Å². The molecule has 2 N–H and O–H groups in total. The predicted octanol–water partition coefficient (Wildman–Crippen LogP) is 3.02. The van der Waals surface area contributed by atoms with E-state index in [1.165, 1.54) is 5.57 Å². The highest BCUT2D eigenvalue weighted by Gasteiger charge is 2.00. The van der Waals surface area contributed by atoms with Crippen molar-refractivity contribution in [2.45, 2.75) is 13.3 Å². The lowest BCUT2D eigenvalue weighted by Crippen LogP contribution is -2.10. The van der Waals surface area contributed by atoms with E-state index in [1.54, 1.807) is 18.2 Å². The Bertz CT molecular complexity index is 452. The van der Waals surface area contributed by atoms with Crippen molar-refractivity contribution in [3.05, 3.63) is 71.8 Å². The maximum atomic E-state index is 10.9. The van der Waals surface area contributed by atoms with Gasteiger partial charge in [0.15, 0.2) is 0 Å². The van der Waals surface area contributed by atoms with Crippen LogP contribution in [0.5, 0.6) is 0 Å². The summed E-state index contributed by atoms with van der Waals surface area (Å²) in [5.41, 5.74) is 8.04. The van der Waals surface area contributed by atoms with Crippen molar-refractivity contribution in [1.29, 1.82) is 0 Å². The van der Waals surface area contributed by atoms with Gasteiger partial charge in [-0.2, -0.15) is 0 Å². The zero-order chi connectivity index (χ0) is 12.7. The van der Waals surface area contributed by atoms with Crippen LogP contribution in [0.25, 0.3) is 0 Å². The van der Waals surface area contributed by atoms with Crippen LogP contribution in [0.2, 0.25) is 0 Å². The molecule has 17 heavy (non-hydrogen) atoms. The summed E-state index contributed by atoms with van der Waals surface area (Å²) < 4.78 is 0. The number of nitrogens with two attached hydrogens (primary N) is 1. The van der Waals surface area contributed by atoms with Gasteiger partial charge in [0.2, 0.25) is 5.91 Å². The Morgan fingerprint density at radius 3 is 2.47 bits per heavy atom. The molecule has 1 aromatic rings. The highest BCUT2D eigenvalue weighted by molar-refractivity contribution is 5.92. The Balaban J connectivity index is 2.84. The largest absolute Gasteiger partial charge is 0.366 e. The number of hydrogen-bond acceptors (Lipinski definition) is 1. The van der Waals surface area contributed by atoms with Crippen LogP contribution in [0.3, 0.4) is 0 Å². The first-order valence-corrected chi connectivity index (χ1v) is 5.50. The number of carbonyl (C=O) groups is 1. The van der Waals surface area contributed by atoms with E-state index in [0.29, 0.717) is 5.56 Å². The summed E-state index contributed by atoms with van der Waals surface area (Å²) in [5.74, 6) is -0.396. The van der Waals surface area contributed by atoms with Crippen molar-refractivity contribution in [2.75, 3.05) is 0 Å². The van der Waals surface area contributed by atoms with Crippen molar-refractivity contribution in [3.8, 4) is 0 Å². The topological polar surface area (TPSA) is 43.1 Å². The molecule has 0 fully saturated rings. The molecule has 2 heteroatoms. The lowest BCUT2D eigenvalue weighted by Gasteiger charge is -2.03. The Morgan fingerprint density at radius 1 is 1.35 bits per heavy atom. The summed E-state index contributed by atoms with van der Waals surface area (Å²) in [6, 6.07) is 7.33. The molecule has 0 aliphatic carbocycles. The van der Waals surface area contributed by atoms with E-state index < -0.39 is 5.91 Å². The Labute approximate surface area is 102 Å². The van der Waals surface area contributed by atoms with E-state index in [4.69, 9.17) is 5.73 Å². The maximum absolute atomic E-state index is 10.9. The van der Waals surface area contributed by atoms with E-state index in [0.717, 1.165) is 12.0 Å². The third-order valence-electron chi connectivity index (χ3n) is 2.36. The maximum Gasteiger partial charge on any atom is 0.248 e. The van der Waals surface area contributed by atoms with Gasteiger partial charge in [0, 0.05) is 5.56 Å². The van der Waals surface area contributed by atoms with Crippen LogP contribution in [-0.2, 0) is 6.42 Å². The van der Waals surface area contributed by atoms with Gasteiger partial charge in [0.05, 0.1) is 0 Å². The number of carbonyl (C=O) groups excluding carboxylic acids is 1. The lowest BCUT2D eigenvalue weighted by atomic mass is 10.0. The van der Waals surface area contributed by atoms with Crippen LogP contribution in [0.1, 0.15) is 22.8 Å². The monoisotopic (exact) mass is 227 g/mol. The number of hydrogen-bond donors (Lipinski definition) is 1. The first-order valence-electron chi connectivity index (χ1n) is 5.50. The molecule has 0 aliphatic heterocycles. The smallest absolute Gasteiger partial charge is 0.248 e. The number of amides is 1. The van der Waals surface area contributed by atoms with E-state index in [9.17, 15) is 4.79 Å². The quantitative estimate of drug-likeness (QED) is 0.772. The third-order valence-corrected chi connectivity index (χ3v) is 2.36. The summed E-state index contributed by atoms with van der Waals surface area (Å²) in [7, 11) is 0. The molecule has 2 nitrogen and oxygen atoms in total. The van der Waals surface area contributed by atoms with Crippen molar-refractivity contribution in [3.63, 3.8) is 0 Å². The minimum Gasteiger partial charge on any atom is -0.366 e. The Hall–Kier alpha value is -2.09. The van der Waals surface area contributed by atoms with Gasteiger partial charge in [-0.15, -0.1) is 0 Å². The Kier molecular flexibility index (Phi) is 4.95. The first kappa shape index (κ1) is 13.0. The Morgan fingerprint density at radius 2 is 2.00 bits per heavy atom. The van der Waals surface area contributed by atoms with Crippen LogP contribution in [0.15, 0.2) is 60.7 Å². The second-order valence-electron chi connectivity index (χ2n) is 3.72. The standard InChI is InChI=1S/C15H17NO/c1-3-5-12(6-4-2)11-13-7-9-14(10-8-13)15(16)17/h3-10H,1,11H2,2H3,(H2,16,17)/b6-4-,12-5+. The molecule has 1 aromatic carbocycles. The van der Waals surface area contributed by atoms with Gasteiger partial charge >= 0.3 is 0 Å². The molecule has 0 aliphatic rings. The van der Waals surface area contributed by atoms with E-state index in [1.807, 2.05) is 37.3 Å². The SMILES string of the molecule is C=C/C=C(\C=C/C)Cc1ccc(C(N)=O)cc1. The molecule has 1 amide bonds. The molecule has 0 atom stereocenters. The van der Waals surface area contributed by atoms with Crippen LogP contribution < -0.4 is 5.73 Å². The van der Waals surface area contributed by atoms with E-state index >= 15 is 0 Å². The van der Waals surface area contributed by atoms with Crippen molar-refractivity contribution >= 4 is 5.91 Å². The zero-order valence-electron chi connectivity index (χ0n) is 10.0. The molecule has 0 saturated carbocycles. The summed E-state index contributed by atoms with van der Waals surface area (Å²) in [4.78, 5) is 10.9. The van der Waals surface area contributed by atoms with Crippen LogP contribution >= 0.6 is 0 Å². The molecule has 0 aromatic heterocycles. The minimum absolute atomic E-state index is 0.396. The van der Waals surface area contributed by atoms with E-state index in [2.05, 4.69) is 6.58 Å². The second kappa shape index (κ2) is 6.48.